The van der Waals surface area contributed by atoms with Crippen LogP contribution >= 0.6 is 0 Å². The highest BCUT2D eigenvalue weighted by Gasteiger charge is 2.22. The van der Waals surface area contributed by atoms with E-state index in [1.807, 2.05) is 60.7 Å². The van der Waals surface area contributed by atoms with Crippen LogP contribution in [-0.4, -0.2) is 28.3 Å². The van der Waals surface area contributed by atoms with E-state index in [0.29, 0.717) is 6.42 Å². The number of nitrogens with one attached hydrogen (secondary N) is 1. The van der Waals surface area contributed by atoms with Crippen molar-refractivity contribution in [3.63, 3.8) is 0 Å². The summed E-state index contributed by atoms with van der Waals surface area (Å²) in [6.45, 7) is 0.0531. The molecule has 30 heavy (non-hydrogen) atoms. The summed E-state index contributed by atoms with van der Waals surface area (Å²) in [6, 6.07) is 22.5. The number of carboxylic acid groups (broad SMARTS) is 1. The molecule has 3 rings (SSSR count). The third-order valence-corrected chi connectivity index (χ3v) is 4.65. The summed E-state index contributed by atoms with van der Waals surface area (Å²) in [6.07, 6.45) is -0.192. The van der Waals surface area contributed by atoms with Gasteiger partial charge in [-0.3, -0.25) is 0 Å². The van der Waals surface area contributed by atoms with Gasteiger partial charge in [0.15, 0.2) is 0 Å². The molecule has 0 unspecified atom stereocenters. The van der Waals surface area contributed by atoms with E-state index < -0.39 is 18.1 Å². The first kappa shape index (κ1) is 20.9. The molecule has 0 aromatic heterocycles. The number of hydrogen-bond donors (Lipinski definition) is 3. The molecule has 3 N–H and O–H groups in total. The molecule has 0 saturated heterocycles. The van der Waals surface area contributed by atoms with Gasteiger partial charge in [0.25, 0.3) is 0 Å². The van der Waals surface area contributed by atoms with Crippen molar-refractivity contribution in [2.75, 3.05) is 0 Å². The number of ether oxygens (including phenoxy) is 1. The second kappa shape index (κ2) is 10.1. The van der Waals surface area contributed by atoms with Gasteiger partial charge in [0, 0.05) is 6.42 Å². The third kappa shape index (κ3) is 6.10. The molecule has 0 saturated carbocycles. The maximum Gasteiger partial charge on any atom is 0.408 e. The predicted octanol–water partition coefficient (Wildman–Crippen LogP) is 3.91. The van der Waals surface area contributed by atoms with E-state index in [1.165, 1.54) is 6.07 Å². The Balaban J connectivity index is 1.68. The zero-order valence-corrected chi connectivity index (χ0v) is 16.3. The van der Waals surface area contributed by atoms with Crippen molar-refractivity contribution >= 4 is 12.1 Å². The van der Waals surface area contributed by atoms with Crippen LogP contribution in [0.5, 0.6) is 5.75 Å². The lowest BCUT2D eigenvalue weighted by Crippen LogP contribution is -2.42. The smallest absolute Gasteiger partial charge is 0.408 e. The number of amides is 1. The number of rotatable bonds is 8. The van der Waals surface area contributed by atoms with E-state index in [2.05, 4.69) is 5.32 Å². The van der Waals surface area contributed by atoms with Crippen LogP contribution in [0.15, 0.2) is 78.9 Å². The number of carbonyl (C=O) groups is 2. The molecule has 1 atom stereocenters. The first-order valence-electron chi connectivity index (χ1n) is 9.56. The Morgan fingerprint density at radius 1 is 0.867 bits per heavy atom. The van der Waals surface area contributed by atoms with Gasteiger partial charge >= 0.3 is 12.1 Å². The molecule has 0 fully saturated rings. The second-order valence-corrected chi connectivity index (χ2v) is 6.92. The van der Waals surface area contributed by atoms with Crippen molar-refractivity contribution in [1.82, 2.24) is 5.32 Å². The average molecular weight is 405 g/mol. The minimum absolute atomic E-state index is 0.0531. The molecule has 0 aliphatic heterocycles. The lowest BCUT2D eigenvalue weighted by atomic mass is 9.95. The van der Waals surface area contributed by atoms with Crippen molar-refractivity contribution in [3.05, 3.63) is 101 Å². The van der Waals surface area contributed by atoms with E-state index in [1.54, 1.807) is 12.1 Å². The Labute approximate surface area is 174 Å². The van der Waals surface area contributed by atoms with Crippen LogP contribution in [0.3, 0.4) is 0 Å². The topological polar surface area (TPSA) is 95.9 Å². The highest BCUT2D eigenvalue weighted by Crippen LogP contribution is 2.21. The quantitative estimate of drug-likeness (QED) is 0.528. The Morgan fingerprint density at radius 2 is 1.50 bits per heavy atom. The van der Waals surface area contributed by atoms with Gasteiger partial charge < -0.3 is 20.3 Å². The number of aliphatic carboxylic acids is 1. The van der Waals surface area contributed by atoms with Crippen molar-refractivity contribution in [2.24, 2.45) is 0 Å². The van der Waals surface area contributed by atoms with Gasteiger partial charge in [-0.1, -0.05) is 66.7 Å². The number of hydrogen-bond acceptors (Lipinski definition) is 4. The number of benzene rings is 3. The van der Waals surface area contributed by atoms with Gasteiger partial charge in [0.1, 0.15) is 18.4 Å². The maximum absolute atomic E-state index is 12.1. The maximum atomic E-state index is 12.1. The molecule has 3 aromatic rings. The summed E-state index contributed by atoms with van der Waals surface area (Å²) in [5.74, 6) is -1.06. The third-order valence-electron chi connectivity index (χ3n) is 4.65. The normalized spacial score (nSPS) is 11.5. The largest absolute Gasteiger partial charge is 0.508 e. The molecule has 6 heteroatoms. The molecular formula is C24H23NO5. The summed E-state index contributed by atoms with van der Waals surface area (Å²) in [5.41, 5.74) is 3.37. The van der Waals surface area contributed by atoms with E-state index in [-0.39, 0.29) is 18.8 Å². The van der Waals surface area contributed by atoms with E-state index in [0.717, 1.165) is 22.3 Å². The first-order valence-corrected chi connectivity index (χ1v) is 9.56. The molecule has 0 bridgehead atoms. The molecule has 154 valence electrons. The van der Waals surface area contributed by atoms with Gasteiger partial charge in [0.05, 0.1) is 0 Å². The SMILES string of the molecule is O=C(N[C@@H](Cc1ccc(O)cc1Cc1ccccc1)C(=O)O)OCc1ccccc1. The lowest BCUT2D eigenvalue weighted by Gasteiger charge is -2.17. The van der Waals surface area contributed by atoms with E-state index >= 15 is 0 Å². The van der Waals surface area contributed by atoms with Crippen molar-refractivity contribution < 1.29 is 24.5 Å². The Kier molecular flexibility index (Phi) is 7.05. The average Bonchev–Trinajstić information content (AvgIpc) is 2.75. The molecular weight excluding hydrogens is 382 g/mol. The number of aromatic hydroxyl groups is 1. The molecule has 0 aliphatic carbocycles. The fourth-order valence-electron chi connectivity index (χ4n) is 3.12. The molecule has 3 aromatic carbocycles. The van der Waals surface area contributed by atoms with Crippen LogP contribution in [0.2, 0.25) is 0 Å². The summed E-state index contributed by atoms with van der Waals surface area (Å²) in [5, 5.41) is 21.9. The summed E-state index contributed by atoms with van der Waals surface area (Å²) < 4.78 is 5.14. The fraction of sp³-hybridized carbons (Fsp3) is 0.167. The van der Waals surface area contributed by atoms with Crippen molar-refractivity contribution in [2.45, 2.75) is 25.5 Å². The monoisotopic (exact) mass is 405 g/mol. The van der Waals surface area contributed by atoms with Crippen molar-refractivity contribution in [1.29, 1.82) is 0 Å². The minimum atomic E-state index is -1.16. The zero-order chi connectivity index (χ0) is 21.3. The molecule has 6 nitrogen and oxygen atoms in total. The summed E-state index contributed by atoms with van der Waals surface area (Å²) in [4.78, 5) is 23.8. The van der Waals surface area contributed by atoms with E-state index in [9.17, 15) is 19.8 Å². The lowest BCUT2D eigenvalue weighted by molar-refractivity contribution is -0.139. The molecule has 0 spiro atoms. The standard InChI is InChI=1S/C24H23NO5/c26-21-12-11-19(20(14-21)13-17-7-3-1-4-8-17)15-22(23(27)28)25-24(29)30-16-18-9-5-2-6-10-18/h1-12,14,22,26H,13,15-16H2,(H,25,29)(H,27,28)/t22-/m0/s1. The number of carboxylic acids is 1. The summed E-state index contributed by atoms with van der Waals surface area (Å²) >= 11 is 0. The Bertz CT molecular complexity index is 989. The van der Waals surface area contributed by atoms with Gasteiger partial charge in [0.2, 0.25) is 0 Å². The van der Waals surface area contributed by atoms with Gasteiger partial charge in [-0.05, 0) is 40.8 Å². The van der Waals surface area contributed by atoms with Gasteiger partial charge in [-0.15, -0.1) is 0 Å². The minimum Gasteiger partial charge on any atom is -0.508 e. The highest BCUT2D eigenvalue weighted by atomic mass is 16.5. The first-order chi connectivity index (χ1) is 14.5. The van der Waals surface area contributed by atoms with Crippen LogP contribution in [0.4, 0.5) is 4.79 Å². The van der Waals surface area contributed by atoms with Crippen LogP contribution in [0, 0.1) is 0 Å². The van der Waals surface area contributed by atoms with Crippen LogP contribution in [0.25, 0.3) is 0 Å². The summed E-state index contributed by atoms with van der Waals surface area (Å²) in [7, 11) is 0. The Hall–Kier alpha value is -3.80. The highest BCUT2D eigenvalue weighted by molar-refractivity contribution is 5.80. The number of phenolic OH excluding ortho intramolecular Hbond substituents is 1. The molecule has 0 heterocycles. The second-order valence-electron chi connectivity index (χ2n) is 6.92. The van der Waals surface area contributed by atoms with Crippen LogP contribution in [0.1, 0.15) is 22.3 Å². The number of phenols is 1. The van der Waals surface area contributed by atoms with Gasteiger partial charge in [-0.2, -0.15) is 0 Å². The number of carbonyl (C=O) groups excluding carboxylic acids is 1. The van der Waals surface area contributed by atoms with Crippen molar-refractivity contribution in [3.8, 4) is 5.75 Å². The number of alkyl carbamates (subject to hydrolysis) is 1. The van der Waals surface area contributed by atoms with E-state index in [4.69, 9.17) is 4.74 Å². The Morgan fingerprint density at radius 3 is 2.13 bits per heavy atom. The fourth-order valence-corrected chi connectivity index (χ4v) is 3.12. The molecule has 0 radical (unpaired) electrons. The van der Waals surface area contributed by atoms with Gasteiger partial charge in [-0.25, -0.2) is 9.59 Å². The van der Waals surface area contributed by atoms with Crippen LogP contribution in [-0.2, 0) is 29.0 Å². The molecule has 1 amide bonds. The zero-order valence-electron chi connectivity index (χ0n) is 16.3. The molecule has 0 aliphatic rings. The predicted molar refractivity (Wildman–Crippen MR) is 112 cm³/mol. The van der Waals surface area contributed by atoms with Crippen LogP contribution < -0.4 is 5.32 Å².